The zero-order chi connectivity index (χ0) is 10.6. The third-order valence-electron chi connectivity index (χ3n) is 1.77. The molecule has 1 unspecified atom stereocenters. The van der Waals surface area contributed by atoms with Crippen molar-refractivity contribution in [3.05, 3.63) is 35.6 Å². The molecular formula is C9H11FN2O2. The number of benzene rings is 1. The van der Waals surface area contributed by atoms with Gasteiger partial charge < -0.3 is 5.11 Å². The van der Waals surface area contributed by atoms with E-state index in [-0.39, 0.29) is 6.42 Å². The maximum absolute atomic E-state index is 12.7. The average molecular weight is 198 g/mol. The van der Waals surface area contributed by atoms with E-state index in [1.807, 2.05) is 5.43 Å². The molecule has 0 spiro atoms. The number of carbonyl (C=O) groups excluding carboxylic acids is 1. The first kappa shape index (κ1) is 10.6. The number of halogens is 1. The minimum atomic E-state index is -1.03. The average Bonchev–Trinajstić information content (AvgIpc) is 2.17. The van der Waals surface area contributed by atoms with Crippen LogP contribution in [-0.4, -0.2) is 11.0 Å². The van der Waals surface area contributed by atoms with Crippen molar-refractivity contribution in [2.45, 2.75) is 12.5 Å². The minimum absolute atomic E-state index is 0.181. The van der Waals surface area contributed by atoms with Gasteiger partial charge in [0.05, 0.1) is 12.5 Å². The number of rotatable bonds is 3. The van der Waals surface area contributed by atoms with E-state index in [9.17, 15) is 14.3 Å². The van der Waals surface area contributed by atoms with E-state index in [1.165, 1.54) is 24.3 Å². The van der Waals surface area contributed by atoms with Crippen molar-refractivity contribution in [1.82, 2.24) is 5.43 Å². The molecule has 5 heteroatoms. The molecule has 0 fully saturated rings. The largest absolute Gasteiger partial charge is 0.388 e. The van der Waals surface area contributed by atoms with Crippen molar-refractivity contribution in [3.8, 4) is 0 Å². The second-order valence-electron chi connectivity index (χ2n) is 2.84. The Balaban J connectivity index is 2.69. The van der Waals surface area contributed by atoms with Crippen molar-refractivity contribution in [2.75, 3.05) is 0 Å². The molecule has 76 valence electrons. The van der Waals surface area contributed by atoms with Gasteiger partial charge in [-0.05, 0) is 17.7 Å². The molecule has 0 saturated heterocycles. The van der Waals surface area contributed by atoms with Crippen molar-refractivity contribution in [2.24, 2.45) is 5.84 Å². The summed E-state index contributed by atoms with van der Waals surface area (Å²) < 4.78 is 12.7. The SMILES string of the molecule is NNC(=O)CC(O)c1cccc(F)c1. The van der Waals surface area contributed by atoms with Crippen molar-refractivity contribution >= 4 is 5.91 Å². The molecule has 0 aliphatic rings. The zero-order valence-electron chi connectivity index (χ0n) is 7.40. The molecule has 0 bridgehead atoms. The fraction of sp³-hybridized carbons (Fsp3) is 0.222. The molecule has 14 heavy (non-hydrogen) atoms. The summed E-state index contributed by atoms with van der Waals surface area (Å²) in [5, 5.41) is 9.46. The van der Waals surface area contributed by atoms with Crippen LogP contribution in [0.1, 0.15) is 18.1 Å². The van der Waals surface area contributed by atoms with Crippen LogP contribution in [0.2, 0.25) is 0 Å². The minimum Gasteiger partial charge on any atom is -0.388 e. The molecule has 4 nitrogen and oxygen atoms in total. The third-order valence-corrected chi connectivity index (χ3v) is 1.77. The molecule has 1 aromatic rings. The predicted molar refractivity (Wildman–Crippen MR) is 48.3 cm³/mol. The summed E-state index contributed by atoms with van der Waals surface area (Å²) in [4.78, 5) is 10.8. The van der Waals surface area contributed by atoms with Crippen molar-refractivity contribution in [3.63, 3.8) is 0 Å². The Morgan fingerprint density at radius 3 is 2.93 bits per heavy atom. The van der Waals surface area contributed by atoms with Gasteiger partial charge in [-0.3, -0.25) is 10.2 Å². The van der Waals surface area contributed by atoms with Crippen LogP contribution in [-0.2, 0) is 4.79 Å². The number of nitrogens with two attached hydrogens (primary N) is 1. The number of aliphatic hydroxyl groups excluding tert-OH is 1. The Hall–Kier alpha value is -1.46. The fourth-order valence-electron chi connectivity index (χ4n) is 1.07. The summed E-state index contributed by atoms with van der Waals surface area (Å²) >= 11 is 0. The lowest BCUT2D eigenvalue weighted by molar-refractivity contribution is -0.123. The highest BCUT2D eigenvalue weighted by Gasteiger charge is 2.12. The second-order valence-corrected chi connectivity index (χ2v) is 2.84. The number of hydrogen-bond donors (Lipinski definition) is 3. The number of aliphatic hydroxyl groups is 1. The number of carbonyl (C=O) groups is 1. The maximum Gasteiger partial charge on any atom is 0.236 e. The summed E-state index contributed by atoms with van der Waals surface area (Å²) in [6.07, 6.45) is -1.21. The molecule has 0 aliphatic carbocycles. The third kappa shape index (κ3) is 2.79. The highest BCUT2D eigenvalue weighted by molar-refractivity contribution is 5.75. The van der Waals surface area contributed by atoms with E-state index >= 15 is 0 Å². The van der Waals surface area contributed by atoms with Crippen LogP contribution in [0.25, 0.3) is 0 Å². The van der Waals surface area contributed by atoms with E-state index in [4.69, 9.17) is 5.84 Å². The predicted octanol–water partition coefficient (Wildman–Crippen LogP) is 0.239. The van der Waals surface area contributed by atoms with Gasteiger partial charge in [0, 0.05) is 0 Å². The van der Waals surface area contributed by atoms with Crippen LogP contribution >= 0.6 is 0 Å². The lowest BCUT2D eigenvalue weighted by atomic mass is 10.1. The normalized spacial score (nSPS) is 12.2. The second kappa shape index (κ2) is 4.69. The van der Waals surface area contributed by atoms with Crippen LogP contribution in [0.15, 0.2) is 24.3 Å². The van der Waals surface area contributed by atoms with Gasteiger partial charge in [0.25, 0.3) is 0 Å². The van der Waals surface area contributed by atoms with Gasteiger partial charge in [0.1, 0.15) is 5.82 Å². The maximum atomic E-state index is 12.7. The monoisotopic (exact) mass is 198 g/mol. The zero-order valence-corrected chi connectivity index (χ0v) is 7.40. The molecule has 0 heterocycles. The van der Waals surface area contributed by atoms with E-state index in [0.29, 0.717) is 5.56 Å². The highest BCUT2D eigenvalue weighted by atomic mass is 19.1. The van der Waals surface area contributed by atoms with Crippen molar-refractivity contribution in [1.29, 1.82) is 0 Å². The molecule has 1 atom stereocenters. The fourth-order valence-corrected chi connectivity index (χ4v) is 1.07. The molecule has 4 N–H and O–H groups in total. The van der Waals surface area contributed by atoms with E-state index < -0.39 is 17.8 Å². The molecule has 1 amide bonds. The van der Waals surface area contributed by atoms with E-state index in [2.05, 4.69) is 0 Å². The molecule has 0 aliphatic heterocycles. The van der Waals surface area contributed by atoms with Crippen LogP contribution in [0.4, 0.5) is 4.39 Å². The quantitative estimate of drug-likeness (QED) is 0.370. The van der Waals surface area contributed by atoms with E-state index in [1.54, 1.807) is 0 Å². The summed E-state index contributed by atoms with van der Waals surface area (Å²) in [7, 11) is 0. The Kier molecular flexibility index (Phi) is 3.55. The Morgan fingerprint density at radius 2 is 2.36 bits per heavy atom. The highest BCUT2D eigenvalue weighted by Crippen LogP contribution is 2.16. The number of hydrazine groups is 1. The van der Waals surface area contributed by atoms with Crippen molar-refractivity contribution < 1.29 is 14.3 Å². The molecule has 0 saturated carbocycles. The van der Waals surface area contributed by atoms with Gasteiger partial charge in [0.2, 0.25) is 5.91 Å². The van der Waals surface area contributed by atoms with Gasteiger partial charge in [-0.1, -0.05) is 12.1 Å². The number of amides is 1. The molecule has 1 aromatic carbocycles. The molecular weight excluding hydrogens is 187 g/mol. The van der Waals surface area contributed by atoms with Gasteiger partial charge in [0.15, 0.2) is 0 Å². The van der Waals surface area contributed by atoms with Gasteiger partial charge in [-0.25, -0.2) is 10.2 Å². The first-order chi connectivity index (χ1) is 6.63. The van der Waals surface area contributed by atoms with Crippen LogP contribution in [0.5, 0.6) is 0 Å². The number of nitrogens with one attached hydrogen (secondary N) is 1. The van der Waals surface area contributed by atoms with Gasteiger partial charge in [-0.15, -0.1) is 0 Å². The van der Waals surface area contributed by atoms with Gasteiger partial charge >= 0.3 is 0 Å². The van der Waals surface area contributed by atoms with Crippen LogP contribution in [0, 0.1) is 5.82 Å². The smallest absolute Gasteiger partial charge is 0.236 e. The molecule has 1 rings (SSSR count). The first-order valence-corrected chi connectivity index (χ1v) is 4.06. The standard InChI is InChI=1S/C9H11FN2O2/c10-7-3-1-2-6(4-7)8(13)5-9(14)12-11/h1-4,8,13H,5,11H2,(H,12,14). The van der Waals surface area contributed by atoms with E-state index in [0.717, 1.165) is 0 Å². The Bertz CT molecular complexity index is 330. The summed E-state index contributed by atoms with van der Waals surface area (Å²) in [6.45, 7) is 0. The summed E-state index contributed by atoms with van der Waals surface area (Å²) in [5.41, 5.74) is 2.24. The van der Waals surface area contributed by atoms with Crippen LogP contribution < -0.4 is 11.3 Å². The lowest BCUT2D eigenvalue weighted by Gasteiger charge is -2.09. The number of hydrogen-bond acceptors (Lipinski definition) is 3. The van der Waals surface area contributed by atoms with Crippen LogP contribution in [0.3, 0.4) is 0 Å². The summed E-state index contributed by atoms with van der Waals surface area (Å²) in [5.74, 6) is 3.90. The first-order valence-electron chi connectivity index (χ1n) is 4.06. The van der Waals surface area contributed by atoms with Gasteiger partial charge in [-0.2, -0.15) is 0 Å². The molecule has 0 radical (unpaired) electrons. The Morgan fingerprint density at radius 1 is 1.64 bits per heavy atom. The topological polar surface area (TPSA) is 75.3 Å². The lowest BCUT2D eigenvalue weighted by Crippen LogP contribution is -2.31. The Labute approximate surface area is 80.5 Å². The molecule has 0 aromatic heterocycles. The summed E-state index contributed by atoms with van der Waals surface area (Å²) in [6, 6.07) is 5.44.